The van der Waals surface area contributed by atoms with Gasteiger partial charge in [0.25, 0.3) is 5.91 Å². The first-order chi connectivity index (χ1) is 14.7. The number of amides is 3. The number of benzene rings is 1. The zero-order valence-corrected chi connectivity index (χ0v) is 18.8. The van der Waals surface area contributed by atoms with E-state index in [0.29, 0.717) is 24.3 Å². The summed E-state index contributed by atoms with van der Waals surface area (Å²) in [6.07, 6.45) is 2.80. The van der Waals surface area contributed by atoms with Crippen LogP contribution in [0.25, 0.3) is 0 Å². The van der Waals surface area contributed by atoms with Crippen LogP contribution in [-0.4, -0.2) is 39.3 Å². The summed E-state index contributed by atoms with van der Waals surface area (Å²) in [4.78, 5) is 40.2. The predicted octanol–water partition coefficient (Wildman–Crippen LogP) is 3.81. The van der Waals surface area contributed by atoms with E-state index in [1.165, 1.54) is 5.56 Å². The van der Waals surface area contributed by atoms with Crippen molar-refractivity contribution in [2.45, 2.75) is 65.5 Å². The summed E-state index contributed by atoms with van der Waals surface area (Å²) in [5, 5.41) is 2.91. The third-order valence-corrected chi connectivity index (χ3v) is 6.78. The highest BCUT2D eigenvalue weighted by Crippen LogP contribution is 2.33. The molecule has 1 aromatic carbocycles. The summed E-state index contributed by atoms with van der Waals surface area (Å²) in [5.74, 6) is 0.0951. The Hall–Kier alpha value is -2.89. The van der Waals surface area contributed by atoms with Crippen molar-refractivity contribution in [1.29, 1.82) is 0 Å². The lowest BCUT2D eigenvalue weighted by molar-refractivity contribution is -0.131. The second-order valence-electron chi connectivity index (χ2n) is 9.39. The first-order valence-electron chi connectivity index (χ1n) is 11.1. The number of Topliss-reactive ketones (excluding diaryl/α,β-unsaturated/α-hetero) is 1. The van der Waals surface area contributed by atoms with E-state index < -0.39 is 11.6 Å². The first-order valence-corrected chi connectivity index (χ1v) is 11.1. The van der Waals surface area contributed by atoms with Crippen molar-refractivity contribution in [2.75, 3.05) is 6.54 Å². The maximum Gasteiger partial charge on any atom is 0.325 e. The SMILES string of the molecule is Cc1cc(C(=O)CN2C(=O)NC3(CCc4ccccc4C3)C2=O)c(C)n1CCC(C)C. The van der Waals surface area contributed by atoms with Gasteiger partial charge in [-0.25, -0.2) is 4.79 Å². The molecule has 4 rings (SSSR count). The largest absolute Gasteiger partial charge is 0.348 e. The zero-order valence-electron chi connectivity index (χ0n) is 18.8. The Bertz CT molecular complexity index is 1050. The number of fused-ring (bicyclic) bond motifs is 1. The summed E-state index contributed by atoms with van der Waals surface area (Å²) in [6.45, 7) is 8.92. The lowest BCUT2D eigenvalue weighted by Crippen LogP contribution is -2.51. The Morgan fingerprint density at radius 2 is 1.87 bits per heavy atom. The molecule has 31 heavy (non-hydrogen) atoms. The van der Waals surface area contributed by atoms with Crippen molar-refractivity contribution in [1.82, 2.24) is 14.8 Å². The number of imide groups is 1. The molecule has 0 bridgehead atoms. The van der Waals surface area contributed by atoms with Crippen LogP contribution in [0.15, 0.2) is 30.3 Å². The maximum absolute atomic E-state index is 13.3. The number of carbonyl (C=O) groups excluding carboxylic acids is 3. The fraction of sp³-hybridized carbons (Fsp3) is 0.480. The van der Waals surface area contributed by atoms with Crippen LogP contribution in [0.4, 0.5) is 4.79 Å². The molecule has 0 radical (unpaired) electrons. The van der Waals surface area contributed by atoms with Gasteiger partial charge in [-0.05, 0) is 56.2 Å². The van der Waals surface area contributed by atoms with E-state index in [1.807, 2.05) is 38.1 Å². The van der Waals surface area contributed by atoms with Gasteiger partial charge in [0.1, 0.15) is 5.54 Å². The average molecular weight is 422 g/mol. The van der Waals surface area contributed by atoms with Crippen molar-refractivity contribution < 1.29 is 14.4 Å². The van der Waals surface area contributed by atoms with E-state index >= 15 is 0 Å². The van der Waals surface area contributed by atoms with Gasteiger partial charge in [0.05, 0.1) is 6.54 Å². The van der Waals surface area contributed by atoms with Crippen LogP contribution in [0.3, 0.4) is 0 Å². The normalized spacial score (nSPS) is 20.5. The molecule has 164 valence electrons. The summed E-state index contributed by atoms with van der Waals surface area (Å²) in [5.41, 5.74) is 3.90. The minimum atomic E-state index is -0.931. The van der Waals surface area contributed by atoms with Crippen molar-refractivity contribution >= 4 is 17.7 Å². The molecule has 2 heterocycles. The number of rotatable bonds is 6. The van der Waals surface area contributed by atoms with Gasteiger partial charge in [-0.2, -0.15) is 0 Å². The lowest BCUT2D eigenvalue weighted by atomic mass is 9.78. The molecule has 1 aromatic heterocycles. The number of urea groups is 1. The van der Waals surface area contributed by atoms with Gasteiger partial charge in [-0.3, -0.25) is 14.5 Å². The molecule has 1 unspecified atom stereocenters. The molecule has 1 fully saturated rings. The van der Waals surface area contributed by atoms with Crippen LogP contribution in [0.2, 0.25) is 0 Å². The minimum Gasteiger partial charge on any atom is -0.348 e. The van der Waals surface area contributed by atoms with E-state index in [9.17, 15) is 14.4 Å². The number of hydrogen-bond donors (Lipinski definition) is 1. The zero-order chi connectivity index (χ0) is 22.3. The molecule has 1 aliphatic heterocycles. The molecule has 1 aliphatic carbocycles. The first kappa shape index (κ1) is 21.3. The number of nitrogens with one attached hydrogen (secondary N) is 1. The molecule has 6 nitrogen and oxygen atoms in total. The minimum absolute atomic E-state index is 0.194. The highest BCUT2D eigenvalue weighted by molar-refractivity contribution is 6.11. The Morgan fingerprint density at radius 1 is 1.16 bits per heavy atom. The third-order valence-electron chi connectivity index (χ3n) is 6.78. The van der Waals surface area contributed by atoms with Crippen LogP contribution in [0.5, 0.6) is 0 Å². The van der Waals surface area contributed by atoms with Crippen molar-refractivity contribution in [3.8, 4) is 0 Å². The van der Waals surface area contributed by atoms with E-state index in [4.69, 9.17) is 0 Å². The fourth-order valence-electron chi connectivity index (χ4n) is 4.89. The summed E-state index contributed by atoms with van der Waals surface area (Å²) in [7, 11) is 0. The van der Waals surface area contributed by atoms with Crippen LogP contribution in [0, 0.1) is 19.8 Å². The third kappa shape index (κ3) is 3.80. The van der Waals surface area contributed by atoms with Crippen LogP contribution >= 0.6 is 0 Å². The summed E-state index contributed by atoms with van der Waals surface area (Å²) in [6, 6.07) is 9.44. The van der Waals surface area contributed by atoms with Crippen molar-refractivity contribution in [3.63, 3.8) is 0 Å². The number of carbonyl (C=O) groups is 3. The molecule has 1 spiro atoms. The van der Waals surface area contributed by atoms with Crippen LogP contribution in [0.1, 0.15) is 59.6 Å². The van der Waals surface area contributed by atoms with E-state index in [-0.39, 0.29) is 18.2 Å². The Labute approximate surface area is 183 Å². The molecular weight excluding hydrogens is 390 g/mol. The number of ketones is 1. The molecule has 3 amide bonds. The average Bonchev–Trinajstić information content (AvgIpc) is 3.13. The molecule has 1 N–H and O–H groups in total. The number of hydrogen-bond acceptors (Lipinski definition) is 3. The Morgan fingerprint density at radius 3 is 2.58 bits per heavy atom. The highest BCUT2D eigenvalue weighted by atomic mass is 16.2. The van der Waals surface area contributed by atoms with E-state index in [1.54, 1.807) is 0 Å². The second kappa shape index (κ2) is 7.98. The summed E-state index contributed by atoms with van der Waals surface area (Å²) >= 11 is 0. The van der Waals surface area contributed by atoms with Gasteiger partial charge in [0.15, 0.2) is 5.78 Å². The molecule has 0 saturated carbocycles. The number of nitrogens with zero attached hydrogens (tertiary/aromatic N) is 2. The molecule has 2 aliphatic rings. The van der Waals surface area contributed by atoms with Gasteiger partial charge in [0.2, 0.25) is 0 Å². The number of aryl methyl sites for hydroxylation is 2. The quantitative estimate of drug-likeness (QED) is 0.569. The van der Waals surface area contributed by atoms with Gasteiger partial charge < -0.3 is 9.88 Å². The standard InChI is InChI=1S/C25H31N3O3/c1-16(2)10-12-27-17(3)13-21(18(27)4)22(29)15-28-23(30)25(26-24(28)31)11-9-19-7-5-6-8-20(19)14-25/h5-8,13,16H,9-12,14-15H2,1-4H3,(H,26,31). The molecule has 6 heteroatoms. The fourth-order valence-corrected chi connectivity index (χ4v) is 4.89. The van der Waals surface area contributed by atoms with E-state index in [0.717, 1.165) is 41.2 Å². The topological polar surface area (TPSA) is 71.4 Å². The summed E-state index contributed by atoms with van der Waals surface area (Å²) < 4.78 is 2.15. The Kier molecular flexibility index (Phi) is 5.50. The molecule has 1 atom stereocenters. The second-order valence-corrected chi connectivity index (χ2v) is 9.39. The van der Waals surface area contributed by atoms with Crippen molar-refractivity contribution in [2.24, 2.45) is 5.92 Å². The monoisotopic (exact) mass is 421 g/mol. The van der Waals surface area contributed by atoms with Crippen molar-refractivity contribution in [3.05, 3.63) is 58.4 Å². The maximum atomic E-state index is 13.3. The molecular formula is C25H31N3O3. The van der Waals surface area contributed by atoms with Crippen LogP contribution in [-0.2, 0) is 24.2 Å². The van der Waals surface area contributed by atoms with Crippen LogP contribution < -0.4 is 5.32 Å². The lowest BCUT2D eigenvalue weighted by Gasteiger charge is -2.32. The predicted molar refractivity (Wildman–Crippen MR) is 119 cm³/mol. The smallest absolute Gasteiger partial charge is 0.325 e. The Balaban J connectivity index is 1.52. The van der Waals surface area contributed by atoms with Gasteiger partial charge >= 0.3 is 6.03 Å². The molecule has 2 aromatic rings. The van der Waals surface area contributed by atoms with Gasteiger partial charge in [0, 0.05) is 29.9 Å². The number of aromatic nitrogens is 1. The van der Waals surface area contributed by atoms with Gasteiger partial charge in [-0.1, -0.05) is 38.1 Å². The van der Waals surface area contributed by atoms with Gasteiger partial charge in [-0.15, -0.1) is 0 Å². The van der Waals surface area contributed by atoms with E-state index in [2.05, 4.69) is 29.8 Å². The highest BCUT2D eigenvalue weighted by Gasteiger charge is 2.52. The molecule has 1 saturated heterocycles.